The van der Waals surface area contributed by atoms with Gasteiger partial charge < -0.3 is 4.90 Å². The Bertz CT molecular complexity index is 526. The van der Waals surface area contributed by atoms with E-state index in [1.54, 1.807) is 10.9 Å². The molecule has 7 heteroatoms. The second-order valence-electron chi connectivity index (χ2n) is 5.09. The van der Waals surface area contributed by atoms with Gasteiger partial charge in [0, 0.05) is 31.9 Å². The number of aryl methyl sites for hydroxylation is 1. The van der Waals surface area contributed by atoms with Gasteiger partial charge in [-0.3, -0.25) is 4.68 Å². The van der Waals surface area contributed by atoms with Gasteiger partial charge in [0.15, 0.2) is 0 Å². The molecular weight excluding hydrogens is 264 g/mol. The van der Waals surface area contributed by atoms with Crippen LogP contribution in [0.25, 0.3) is 0 Å². The molecule has 0 amide bonds. The van der Waals surface area contributed by atoms with E-state index in [0.717, 1.165) is 19.6 Å². The number of likely N-dealkylation sites (N-methyl/N-ethyl adjacent to an activating group) is 1. The van der Waals surface area contributed by atoms with Crippen molar-refractivity contribution in [3.8, 4) is 0 Å². The van der Waals surface area contributed by atoms with Crippen LogP contribution in [0, 0.1) is 5.92 Å². The van der Waals surface area contributed by atoms with Gasteiger partial charge in [-0.2, -0.15) is 5.10 Å². The Morgan fingerprint density at radius 2 is 2.11 bits per heavy atom. The molecule has 0 unspecified atom stereocenters. The van der Waals surface area contributed by atoms with Crippen molar-refractivity contribution in [3.63, 3.8) is 0 Å². The predicted molar refractivity (Wildman–Crippen MR) is 73.3 cm³/mol. The van der Waals surface area contributed by atoms with E-state index in [1.807, 2.05) is 6.92 Å². The molecule has 1 N–H and O–H groups in total. The maximum Gasteiger partial charge on any atom is 0.243 e. The van der Waals surface area contributed by atoms with Crippen LogP contribution in [0.15, 0.2) is 17.3 Å². The third kappa shape index (κ3) is 3.16. The van der Waals surface area contributed by atoms with Crippen LogP contribution >= 0.6 is 0 Å². The minimum Gasteiger partial charge on any atom is -0.302 e. The fourth-order valence-electron chi connectivity index (χ4n) is 2.40. The van der Waals surface area contributed by atoms with E-state index in [2.05, 4.69) is 28.6 Å². The number of nitrogens with one attached hydrogen (secondary N) is 1. The molecule has 1 saturated heterocycles. The molecule has 0 bridgehead atoms. The fourth-order valence-corrected chi connectivity index (χ4v) is 3.69. The van der Waals surface area contributed by atoms with Crippen molar-refractivity contribution in [3.05, 3.63) is 12.4 Å². The topological polar surface area (TPSA) is 67.2 Å². The van der Waals surface area contributed by atoms with Crippen molar-refractivity contribution < 1.29 is 8.42 Å². The molecule has 0 saturated carbocycles. The van der Waals surface area contributed by atoms with Crippen LogP contribution in [-0.4, -0.2) is 48.8 Å². The Kier molecular flexibility index (Phi) is 4.27. The summed E-state index contributed by atoms with van der Waals surface area (Å²) in [5.41, 5.74) is 0. The van der Waals surface area contributed by atoms with Gasteiger partial charge in [0.05, 0.1) is 6.20 Å². The summed E-state index contributed by atoms with van der Waals surface area (Å²) in [6.45, 7) is 9.44. The molecular formula is C12H22N4O2S. The average Bonchev–Trinajstić information content (AvgIpc) is 2.97. The number of likely N-dealkylation sites (tertiary alicyclic amines) is 1. The molecule has 19 heavy (non-hydrogen) atoms. The summed E-state index contributed by atoms with van der Waals surface area (Å²) >= 11 is 0. The number of rotatable bonds is 5. The molecule has 2 rings (SSSR count). The Morgan fingerprint density at radius 1 is 1.37 bits per heavy atom. The molecule has 1 fully saturated rings. The van der Waals surface area contributed by atoms with Crippen molar-refractivity contribution >= 4 is 10.0 Å². The van der Waals surface area contributed by atoms with E-state index in [-0.39, 0.29) is 10.9 Å². The third-order valence-corrected chi connectivity index (χ3v) is 5.13. The van der Waals surface area contributed by atoms with E-state index >= 15 is 0 Å². The standard InChI is InChI=1S/C12H22N4O2S/c1-4-15-7-10(3)12(9-15)14-19(17,18)11-6-13-16(5-2)8-11/h6,8,10,12,14H,4-5,7,9H2,1-3H3/t10-,12-/m0/s1. The molecule has 108 valence electrons. The van der Waals surface area contributed by atoms with Crippen molar-refractivity contribution in [2.24, 2.45) is 5.92 Å². The highest BCUT2D eigenvalue weighted by Gasteiger charge is 2.32. The van der Waals surface area contributed by atoms with Crippen molar-refractivity contribution in [1.29, 1.82) is 0 Å². The highest BCUT2D eigenvalue weighted by atomic mass is 32.2. The lowest BCUT2D eigenvalue weighted by Crippen LogP contribution is -2.39. The maximum atomic E-state index is 12.3. The monoisotopic (exact) mass is 286 g/mol. The lowest BCUT2D eigenvalue weighted by molar-refractivity contribution is 0.344. The summed E-state index contributed by atoms with van der Waals surface area (Å²) in [6.07, 6.45) is 2.97. The maximum absolute atomic E-state index is 12.3. The van der Waals surface area contributed by atoms with Gasteiger partial charge >= 0.3 is 0 Å². The molecule has 1 aliphatic heterocycles. The number of sulfonamides is 1. The smallest absolute Gasteiger partial charge is 0.243 e. The summed E-state index contributed by atoms with van der Waals surface area (Å²) in [7, 11) is -3.46. The molecule has 2 atom stereocenters. The number of aromatic nitrogens is 2. The number of nitrogens with zero attached hydrogens (tertiary/aromatic N) is 3. The minimum absolute atomic E-state index is 0.0186. The Morgan fingerprint density at radius 3 is 2.63 bits per heavy atom. The Balaban J connectivity index is 2.09. The zero-order valence-electron chi connectivity index (χ0n) is 11.7. The first-order valence-corrected chi connectivity index (χ1v) is 8.21. The molecule has 2 heterocycles. The van der Waals surface area contributed by atoms with Gasteiger partial charge in [-0.15, -0.1) is 0 Å². The van der Waals surface area contributed by atoms with Crippen LogP contribution in [0.5, 0.6) is 0 Å². The van der Waals surface area contributed by atoms with Gasteiger partial charge in [-0.1, -0.05) is 13.8 Å². The molecule has 6 nitrogen and oxygen atoms in total. The Labute approximate surface area is 114 Å². The SMILES string of the molecule is CCN1C[C@H](NS(=O)(=O)c2cnn(CC)c2)[C@@H](C)C1. The van der Waals surface area contributed by atoms with Crippen molar-refractivity contribution in [2.75, 3.05) is 19.6 Å². The van der Waals surface area contributed by atoms with Crippen LogP contribution in [0.3, 0.4) is 0 Å². The molecule has 0 radical (unpaired) electrons. The van der Waals surface area contributed by atoms with Crippen LogP contribution < -0.4 is 4.72 Å². The average molecular weight is 286 g/mol. The summed E-state index contributed by atoms with van der Waals surface area (Å²) in [6, 6.07) is -0.0186. The van der Waals surface area contributed by atoms with Gasteiger partial charge in [-0.05, 0) is 19.4 Å². The van der Waals surface area contributed by atoms with E-state index in [9.17, 15) is 8.42 Å². The van der Waals surface area contributed by atoms with Crippen LogP contribution in [0.4, 0.5) is 0 Å². The van der Waals surface area contributed by atoms with Crippen LogP contribution in [-0.2, 0) is 16.6 Å². The van der Waals surface area contributed by atoms with Gasteiger partial charge in [0.1, 0.15) is 4.90 Å². The lowest BCUT2D eigenvalue weighted by atomic mass is 10.1. The molecule has 1 aromatic rings. The van der Waals surface area contributed by atoms with Crippen molar-refractivity contribution in [2.45, 2.75) is 38.3 Å². The predicted octanol–water partition coefficient (Wildman–Crippen LogP) is 0.521. The van der Waals surface area contributed by atoms with Gasteiger partial charge in [0.25, 0.3) is 0 Å². The summed E-state index contributed by atoms with van der Waals surface area (Å²) in [5.74, 6) is 0.330. The highest BCUT2D eigenvalue weighted by molar-refractivity contribution is 7.89. The lowest BCUT2D eigenvalue weighted by Gasteiger charge is -2.16. The van der Waals surface area contributed by atoms with Crippen LogP contribution in [0.2, 0.25) is 0 Å². The van der Waals surface area contributed by atoms with Crippen molar-refractivity contribution in [1.82, 2.24) is 19.4 Å². The molecule has 0 aromatic carbocycles. The van der Waals surface area contributed by atoms with E-state index in [0.29, 0.717) is 12.5 Å². The normalized spacial score (nSPS) is 25.0. The Hall–Kier alpha value is -0.920. The first-order chi connectivity index (χ1) is 8.96. The molecule has 1 aliphatic rings. The molecule has 0 spiro atoms. The van der Waals surface area contributed by atoms with Gasteiger partial charge in [-0.25, -0.2) is 13.1 Å². The molecule has 0 aliphatic carbocycles. The summed E-state index contributed by atoms with van der Waals surface area (Å²) in [5, 5.41) is 4.01. The van der Waals surface area contributed by atoms with E-state index < -0.39 is 10.0 Å². The largest absolute Gasteiger partial charge is 0.302 e. The van der Waals surface area contributed by atoms with Gasteiger partial charge in [0.2, 0.25) is 10.0 Å². The second kappa shape index (κ2) is 5.60. The fraction of sp³-hybridized carbons (Fsp3) is 0.750. The number of hydrogen-bond acceptors (Lipinski definition) is 4. The summed E-state index contributed by atoms with van der Waals surface area (Å²) < 4.78 is 29.0. The molecule has 1 aromatic heterocycles. The highest BCUT2D eigenvalue weighted by Crippen LogP contribution is 2.18. The second-order valence-corrected chi connectivity index (χ2v) is 6.80. The van der Waals surface area contributed by atoms with Crippen LogP contribution in [0.1, 0.15) is 20.8 Å². The first kappa shape index (κ1) is 14.5. The third-order valence-electron chi connectivity index (χ3n) is 3.69. The van der Waals surface area contributed by atoms with E-state index in [4.69, 9.17) is 0 Å². The zero-order chi connectivity index (χ0) is 14.0. The van der Waals surface area contributed by atoms with E-state index in [1.165, 1.54) is 6.20 Å². The first-order valence-electron chi connectivity index (χ1n) is 6.73. The minimum atomic E-state index is -3.46. The zero-order valence-corrected chi connectivity index (χ0v) is 12.5. The summed E-state index contributed by atoms with van der Waals surface area (Å²) in [4.78, 5) is 2.50. The number of hydrogen-bond donors (Lipinski definition) is 1. The quantitative estimate of drug-likeness (QED) is 0.857.